The number of nitrogens with zero attached hydrogens (tertiary/aromatic N) is 2. The zero-order valence-electron chi connectivity index (χ0n) is 15.1. The molecule has 7 nitrogen and oxygen atoms in total. The highest BCUT2D eigenvalue weighted by atomic mass is 19.1. The number of carbonyl (C=O) groups excluding carboxylic acids is 2. The van der Waals surface area contributed by atoms with Crippen LogP contribution in [0.3, 0.4) is 0 Å². The van der Waals surface area contributed by atoms with Crippen molar-refractivity contribution in [2.24, 2.45) is 0 Å². The van der Waals surface area contributed by atoms with E-state index in [4.69, 9.17) is 14.0 Å². The Balaban J connectivity index is 1.48. The SMILES string of the molecule is COc1cccc(C(=O)COC(=O)CCc2nc(-c3ccc(F)cc3)no2)c1. The topological polar surface area (TPSA) is 91.5 Å². The van der Waals surface area contributed by atoms with Crippen molar-refractivity contribution in [1.29, 1.82) is 0 Å². The molecule has 2 aromatic carbocycles. The molecule has 0 aliphatic heterocycles. The lowest BCUT2D eigenvalue weighted by Crippen LogP contribution is -2.14. The van der Waals surface area contributed by atoms with Crippen LogP contribution in [0.2, 0.25) is 0 Å². The molecule has 3 aromatic rings. The summed E-state index contributed by atoms with van der Waals surface area (Å²) in [6.45, 7) is -0.364. The minimum Gasteiger partial charge on any atom is -0.497 e. The molecule has 28 heavy (non-hydrogen) atoms. The zero-order valence-corrected chi connectivity index (χ0v) is 15.1. The van der Waals surface area contributed by atoms with Crippen molar-refractivity contribution in [2.45, 2.75) is 12.8 Å². The maximum Gasteiger partial charge on any atom is 0.306 e. The summed E-state index contributed by atoms with van der Waals surface area (Å²) in [7, 11) is 1.50. The van der Waals surface area contributed by atoms with E-state index in [-0.39, 0.29) is 36.9 Å². The van der Waals surface area contributed by atoms with Gasteiger partial charge in [-0.2, -0.15) is 4.98 Å². The first-order valence-corrected chi connectivity index (χ1v) is 8.46. The second kappa shape index (κ2) is 8.90. The normalized spacial score (nSPS) is 10.5. The van der Waals surface area contributed by atoms with Crippen LogP contribution in [-0.4, -0.2) is 35.6 Å². The number of Topliss-reactive ketones (excluding diaryl/α,β-unsaturated/α-hetero) is 1. The quantitative estimate of drug-likeness (QED) is 0.435. The molecule has 0 unspecified atom stereocenters. The van der Waals surface area contributed by atoms with Crippen LogP contribution >= 0.6 is 0 Å². The van der Waals surface area contributed by atoms with Gasteiger partial charge in [0.25, 0.3) is 0 Å². The average Bonchev–Trinajstić information content (AvgIpc) is 3.20. The van der Waals surface area contributed by atoms with Crippen molar-refractivity contribution in [3.63, 3.8) is 0 Å². The van der Waals surface area contributed by atoms with Gasteiger partial charge in [0.2, 0.25) is 11.7 Å². The highest BCUT2D eigenvalue weighted by Gasteiger charge is 2.14. The summed E-state index contributed by atoms with van der Waals surface area (Å²) in [6, 6.07) is 12.2. The van der Waals surface area contributed by atoms with Gasteiger partial charge in [0.15, 0.2) is 12.4 Å². The third-order valence-corrected chi connectivity index (χ3v) is 3.87. The molecule has 8 heteroatoms. The van der Waals surface area contributed by atoms with E-state index in [0.717, 1.165) is 0 Å². The van der Waals surface area contributed by atoms with Crippen molar-refractivity contribution in [3.05, 3.63) is 65.8 Å². The molecule has 0 atom stereocenters. The standard InChI is InChI=1S/C20H17FN2O5/c1-26-16-4-2-3-14(11-16)17(24)12-27-19(25)10-9-18-22-20(23-28-18)13-5-7-15(21)8-6-13/h2-8,11H,9-10,12H2,1H3. The summed E-state index contributed by atoms with van der Waals surface area (Å²) in [5, 5.41) is 3.80. The van der Waals surface area contributed by atoms with Crippen molar-refractivity contribution < 1.29 is 28.0 Å². The van der Waals surface area contributed by atoms with E-state index in [1.54, 1.807) is 24.3 Å². The molecule has 1 heterocycles. The molecule has 0 amide bonds. The molecule has 0 radical (unpaired) electrons. The van der Waals surface area contributed by atoms with Crippen molar-refractivity contribution in [3.8, 4) is 17.1 Å². The fraction of sp³-hybridized carbons (Fsp3) is 0.200. The lowest BCUT2D eigenvalue weighted by molar-refractivity contribution is -0.142. The number of hydrogen-bond donors (Lipinski definition) is 0. The van der Waals surface area contributed by atoms with E-state index in [2.05, 4.69) is 10.1 Å². The van der Waals surface area contributed by atoms with Crippen LogP contribution < -0.4 is 4.74 Å². The molecule has 3 rings (SSSR count). The molecule has 0 spiro atoms. The fourth-order valence-corrected chi connectivity index (χ4v) is 2.38. The Hall–Kier alpha value is -3.55. The molecule has 0 N–H and O–H groups in total. The molecule has 0 bridgehead atoms. The van der Waals surface area contributed by atoms with Crippen LogP contribution in [0.15, 0.2) is 53.1 Å². The molecule has 0 aliphatic carbocycles. The van der Waals surface area contributed by atoms with Gasteiger partial charge in [0.05, 0.1) is 13.5 Å². The van der Waals surface area contributed by atoms with Crippen LogP contribution in [0.25, 0.3) is 11.4 Å². The van der Waals surface area contributed by atoms with Gasteiger partial charge >= 0.3 is 5.97 Å². The maximum atomic E-state index is 12.9. The first-order valence-electron chi connectivity index (χ1n) is 8.46. The van der Waals surface area contributed by atoms with Gasteiger partial charge in [-0.05, 0) is 36.4 Å². The van der Waals surface area contributed by atoms with Crippen LogP contribution in [0, 0.1) is 5.82 Å². The molecule has 0 aliphatic rings. The molecular formula is C20H17FN2O5. The number of ether oxygens (including phenoxy) is 2. The number of carbonyl (C=O) groups is 2. The Morgan fingerprint density at radius 2 is 1.93 bits per heavy atom. The monoisotopic (exact) mass is 384 g/mol. The molecule has 144 valence electrons. The Morgan fingerprint density at radius 3 is 2.68 bits per heavy atom. The minimum absolute atomic E-state index is 0.0174. The molecular weight excluding hydrogens is 367 g/mol. The van der Waals surface area contributed by atoms with E-state index in [0.29, 0.717) is 22.7 Å². The predicted molar refractivity (Wildman–Crippen MR) is 96.3 cm³/mol. The molecule has 1 aromatic heterocycles. The summed E-state index contributed by atoms with van der Waals surface area (Å²) >= 11 is 0. The third kappa shape index (κ3) is 5.00. The van der Waals surface area contributed by atoms with Crippen molar-refractivity contribution in [1.82, 2.24) is 10.1 Å². The number of hydrogen-bond acceptors (Lipinski definition) is 7. The van der Waals surface area contributed by atoms with E-state index in [9.17, 15) is 14.0 Å². The average molecular weight is 384 g/mol. The zero-order chi connectivity index (χ0) is 19.9. The first-order chi connectivity index (χ1) is 13.5. The summed E-state index contributed by atoms with van der Waals surface area (Å²) in [5.41, 5.74) is 0.996. The number of benzene rings is 2. The number of rotatable bonds is 8. The van der Waals surface area contributed by atoms with E-state index >= 15 is 0 Å². The second-order valence-corrected chi connectivity index (χ2v) is 5.83. The van der Waals surface area contributed by atoms with E-state index < -0.39 is 5.97 Å². The number of aromatic nitrogens is 2. The minimum atomic E-state index is -0.558. The van der Waals surface area contributed by atoms with Gasteiger partial charge in [-0.3, -0.25) is 9.59 Å². The highest BCUT2D eigenvalue weighted by Crippen LogP contribution is 2.17. The lowest BCUT2D eigenvalue weighted by Gasteiger charge is -2.05. The highest BCUT2D eigenvalue weighted by molar-refractivity contribution is 5.98. The Kier molecular flexibility index (Phi) is 6.11. The second-order valence-electron chi connectivity index (χ2n) is 5.83. The Bertz CT molecular complexity index is 969. The van der Waals surface area contributed by atoms with Gasteiger partial charge < -0.3 is 14.0 Å². The van der Waals surface area contributed by atoms with Gasteiger partial charge in [-0.1, -0.05) is 17.3 Å². The molecule has 0 fully saturated rings. The van der Waals surface area contributed by atoms with Crippen LogP contribution in [0.5, 0.6) is 5.75 Å². The molecule has 0 saturated heterocycles. The summed E-state index contributed by atoms with van der Waals surface area (Å²) in [4.78, 5) is 28.1. The largest absolute Gasteiger partial charge is 0.497 e. The first kappa shape index (κ1) is 19.2. The number of methoxy groups -OCH3 is 1. The van der Waals surface area contributed by atoms with Gasteiger partial charge in [0.1, 0.15) is 11.6 Å². The van der Waals surface area contributed by atoms with E-state index in [1.165, 1.54) is 31.4 Å². The lowest BCUT2D eigenvalue weighted by atomic mass is 10.1. The number of halogens is 1. The van der Waals surface area contributed by atoms with Crippen molar-refractivity contribution in [2.75, 3.05) is 13.7 Å². The molecule has 0 saturated carbocycles. The van der Waals surface area contributed by atoms with Gasteiger partial charge in [-0.15, -0.1) is 0 Å². The smallest absolute Gasteiger partial charge is 0.306 e. The maximum absolute atomic E-state index is 12.9. The van der Waals surface area contributed by atoms with Gasteiger partial charge in [-0.25, -0.2) is 4.39 Å². The Labute approximate surface area is 160 Å². The summed E-state index contributed by atoms with van der Waals surface area (Å²) in [5.74, 6) is -0.155. The number of ketones is 1. The number of esters is 1. The fourth-order valence-electron chi connectivity index (χ4n) is 2.38. The summed E-state index contributed by atoms with van der Waals surface area (Å²) < 4.78 is 28.1. The third-order valence-electron chi connectivity index (χ3n) is 3.87. The van der Waals surface area contributed by atoms with E-state index in [1.807, 2.05) is 0 Å². The van der Waals surface area contributed by atoms with Crippen LogP contribution in [0.4, 0.5) is 4.39 Å². The van der Waals surface area contributed by atoms with Crippen molar-refractivity contribution >= 4 is 11.8 Å². The number of aryl methyl sites for hydroxylation is 1. The summed E-state index contributed by atoms with van der Waals surface area (Å²) in [6.07, 6.45) is 0.150. The van der Waals surface area contributed by atoms with Crippen LogP contribution in [0.1, 0.15) is 22.7 Å². The Morgan fingerprint density at radius 1 is 1.14 bits per heavy atom. The van der Waals surface area contributed by atoms with Crippen LogP contribution in [-0.2, 0) is 16.0 Å². The predicted octanol–water partition coefficient (Wildman–Crippen LogP) is 3.24. The van der Waals surface area contributed by atoms with Gasteiger partial charge in [0, 0.05) is 17.5 Å².